The zero-order valence-corrected chi connectivity index (χ0v) is 30.2. The minimum atomic E-state index is 0.659. The Kier molecular flexibility index (Phi) is 8.75. The maximum absolute atomic E-state index is 4.79. The Morgan fingerprint density at radius 2 is 1.40 bits per heavy atom. The first kappa shape index (κ1) is 32.2. The molecule has 7 aromatic heterocycles. The molecule has 10 rings (SSSR count). The van der Waals surface area contributed by atoms with Crippen LogP contribution in [0.4, 0.5) is 0 Å². The molecule has 9 aromatic rings. The van der Waals surface area contributed by atoms with Gasteiger partial charge in [0.2, 0.25) is 0 Å². The van der Waals surface area contributed by atoms with E-state index in [2.05, 4.69) is 85.1 Å². The Hall–Kier alpha value is -5.72. The Bertz CT molecular complexity index is 2650. The number of aryl methyl sites for hydroxylation is 3. The van der Waals surface area contributed by atoms with Crippen molar-refractivity contribution in [2.24, 2.45) is 0 Å². The number of benzene rings is 2. The monoisotopic (exact) mass is 718 g/mol. The van der Waals surface area contributed by atoms with Gasteiger partial charge in [-0.25, -0.2) is 4.98 Å². The third-order valence-electron chi connectivity index (χ3n) is 9.25. The van der Waals surface area contributed by atoms with Crippen LogP contribution in [0.2, 0.25) is 0 Å². The average molecular weight is 719 g/mol. The van der Waals surface area contributed by atoms with Crippen LogP contribution in [0.15, 0.2) is 103 Å². The van der Waals surface area contributed by atoms with Crippen LogP contribution in [0.25, 0.3) is 43.3 Å². The molecule has 256 valence electrons. The lowest BCUT2D eigenvalue weighted by molar-refractivity contribution is 0.841. The molecule has 0 amide bonds. The maximum atomic E-state index is 4.79. The molecule has 0 saturated carbocycles. The fraction of sp³-hybridized carbons (Fsp3) is 0.200. The van der Waals surface area contributed by atoms with Crippen LogP contribution in [0.5, 0.6) is 0 Å². The molecule has 0 fully saturated rings. The van der Waals surface area contributed by atoms with Crippen molar-refractivity contribution in [1.82, 2.24) is 49.6 Å². The second kappa shape index (κ2) is 14.1. The van der Waals surface area contributed by atoms with Gasteiger partial charge >= 0.3 is 0 Å². The summed E-state index contributed by atoms with van der Waals surface area (Å²) in [6.07, 6.45) is 10.9. The van der Waals surface area contributed by atoms with Crippen LogP contribution >= 0.6 is 22.7 Å². The van der Waals surface area contributed by atoms with Crippen LogP contribution < -0.4 is 0 Å². The smallest absolute Gasteiger partial charge is 0.177 e. The van der Waals surface area contributed by atoms with Crippen LogP contribution in [0, 0.1) is 0 Å². The fourth-order valence-corrected chi connectivity index (χ4v) is 8.34. The first-order valence-electron chi connectivity index (χ1n) is 17.5. The highest BCUT2D eigenvalue weighted by atomic mass is 32.1. The van der Waals surface area contributed by atoms with Crippen molar-refractivity contribution in [1.29, 1.82) is 0 Å². The summed E-state index contributed by atoms with van der Waals surface area (Å²) < 4.78 is 3.71. The molecule has 52 heavy (non-hydrogen) atoms. The van der Waals surface area contributed by atoms with Crippen LogP contribution in [0.1, 0.15) is 58.7 Å². The second-order valence-electron chi connectivity index (χ2n) is 12.9. The standard InChI is InChI=1S/C21H18N6S.C19H16N4S/c1-2-4-21-23-13-18(28-21)17-8-9-19-24-25-20(27(19)26-17)12-14-6-7-16-15(11-14)5-3-10-22-16;1-3-14-7-6-13(11-15(14)4-1)12-19-21-20-18-9-8-16(22-23(18)19)17-5-2-10-24-17/h3,5-11,13H,2,4,12H2,1H3;2,5-11H,1,3-4,12H2. The zero-order chi connectivity index (χ0) is 34.9. The van der Waals surface area contributed by atoms with E-state index < -0.39 is 0 Å². The zero-order valence-electron chi connectivity index (χ0n) is 28.6. The summed E-state index contributed by atoms with van der Waals surface area (Å²) in [5.74, 6) is 1.71. The number of rotatable bonds is 8. The minimum absolute atomic E-state index is 0.659. The average Bonchev–Trinajstić information content (AvgIpc) is 4.04. The summed E-state index contributed by atoms with van der Waals surface area (Å²) in [6.45, 7) is 2.16. The van der Waals surface area contributed by atoms with Crippen LogP contribution in [0.3, 0.4) is 0 Å². The van der Waals surface area contributed by atoms with Gasteiger partial charge in [-0.05, 0) is 108 Å². The van der Waals surface area contributed by atoms with Gasteiger partial charge in [-0.3, -0.25) is 4.98 Å². The van der Waals surface area contributed by atoms with E-state index in [1.165, 1.54) is 36.0 Å². The topological polar surface area (TPSA) is 112 Å². The molecule has 0 saturated heterocycles. The Morgan fingerprint density at radius 1 is 0.673 bits per heavy atom. The van der Waals surface area contributed by atoms with Crippen molar-refractivity contribution < 1.29 is 0 Å². The molecule has 7 heterocycles. The van der Waals surface area contributed by atoms with Crippen molar-refractivity contribution >= 4 is 44.9 Å². The number of thiazole rings is 1. The third-order valence-corrected chi connectivity index (χ3v) is 11.2. The number of pyridine rings is 1. The summed E-state index contributed by atoms with van der Waals surface area (Å²) in [6, 6.07) is 29.2. The molecule has 10 nitrogen and oxygen atoms in total. The molecule has 0 aliphatic heterocycles. The van der Waals surface area contributed by atoms with Gasteiger partial charge in [0.05, 0.1) is 20.3 Å². The quantitative estimate of drug-likeness (QED) is 0.154. The molecule has 1 aliphatic carbocycles. The first-order chi connectivity index (χ1) is 25.7. The molecule has 0 radical (unpaired) electrons. The number of nitrogens with zero attached hydrogens (tertiary/aromatic N) is 10. The van der Waals surface area contributed by atoms with Crippen molar-refractivity contribution in [3.05, 3.63) is 142 Å². The van der Waals surface area contributed by atoms with Gasteiger partial charge < -0.3 is 0 Å². The molecule has 0 bridgehead atoms. The van der Waals surface area contributed by atoms with Crippen molar-refractivity contribution in [3.63, 3.8) is 0 Å². The molecule has 0 spiro atoms. The van der Waals surface area contributed by atoms with E-state index in [9.17, 15) is 0 Å². The van der Waals surface area contributed by atoms with Gasteiger partial charge in [-0.15, -0.1) is 43.1 Å². The Labute approximate surface area is 307 Å². The molecule has 0 unspecified atom stereocenters. The third kappa shape index (κ3) is 6.58. The summed E-state index contributed by atoms with van der Waals surface area (Å²) in [5, 5.41) is 31.1. The number of aromatic nitrogens is 10. The predicted molar refractivity (Wildman–Crippen MR) is 206 cm³/mol. The highest BCUT2D eigenvalue weighted by Crippen LogP contribution is 2.27. The van der Waals surface area contributed by atoms with Crippen molar-refractivity contribution in [3.8, 4) is 21.1 Å². The van der Waals surface area contributed by atoms with E-state index in [1.807, 2.05) is 63.9 Å². The van der Waals surface area contributed by atoms with E-state index in [1.54, 1.807) is 22.7 Å². The van der Waals surface area contributed by atoms with Gasteiger partial charge in [0.15, 0.2) is 22.9 Å². The highest BCUT2D eigenvalue weighted by Gasteiger charge is 2.15. The van der Waals surface area contributed by atoms with E-state index in [0.29, 0.717) is 6.42 Å². The molecular formula is C40H34N10S2. The lowest BCUT2D eigenvalue weighted by Crippen LogP contribution is -2.01. The highest BCUT2D eigenvalue weighted by molar-refractivity contribution is 7.15. The molecule has 0 N–H and O–H groups in total. The maximum Gasteiger partial charge on any atom is 0.177 e. The fourth-order valence-electron chi connectivity index (χ4n) is 6.67. The van der Waals surface area contributed by atoms with Gasteiger partial charge in [0.1, 0.15) is 11.4 Å². The minimum Gasteiger partial charge on any atom is -0.256 e. The van der Waals surface area contributed by atoms with E-state index >= 15 is 0 Å². The lowest BCUT2D eigenvalue weighted by Gasteiger charge is -2.05. The molecule has 2 aromatic carbocycles. The van der Waals surface area contributed by atoms with Gasteiger partial charge in [-0.2, -0.15) is 19.2 Å². The summed E-state index contributed by atoms with van der Waals surface area (Å²) in [7, 11) is 0. The molecule has 0 atom stereocenters. The number of hydrogen-bond donors (Lipinski definition) is 0. The van der Waals surface area contributed by atoms with E-state index in [-0.39, 0.29) is 0 Å². The predicted octanol–water partition coefficient (Wildman–Crippen LogP) is 8.27. The van der Waals surface area contributed by atoms with Crippen molar-refractivity contribution in [2.75, 3.05) is 0 Å². The second-order valence-corrected chi connectivity index (χ2v) is 15.0. The van der Waals surface area contributed by atoms with Crippen LogP contribution in [-0.4, -0.2) is 49.6 Å². The normalized spacial score (nSPS) is 12.4. The van der Waals surface area contributed by atoms with Crippen LogP contribution in [-0.2, 0) is 32.1 Å². The first-order valence-corrected chi connectivity index (χ1v) is 19.2. The number of fused-ring (bicyclic) bond motifs is 4. The van der Waals surface area contributed by atoms with Gasteiger partial charge in [0, 0.05) is 30.6 Å². The van der Waals surface area contributed by atoms with Gasteiger partial charge in [-0.1, -0.05) is 43.3 Å². The molecule has 12 heteroatoms. The SMILES string of the molecule is CCCc1ncc(-c2ccc3nnc(Cc4ccc5ncccc5c4)n3n2)s1.c1csc(-c2ccc3nnc(Cc4ccc5c(c4)CCC5)n3n2)c1. The van der Waals surface area contributed by atoms with Crippen molar-refractivity contribution in [2.45, 2.75) is 51.9 Å². The van der Waals surface area contributed by atoms with Gasteiger partial charge in [0.25, 0.3) is 0 Å². The Morgan fingerprint density at radius 3 is 2.15 bits per heavy atom. The molecular weight excluding hydrogens is 685 g/mol. The summed E-state index contributed by atoms with van der Waals surface area (Å²) in [5.41, 5.74) is 9.84. The Balaban J connectivity index is 0.000000140. The number of thiophene rings is 1. The van der Waals surface area contributed by atoms with E-state index in [4.69, 9.17) is 10.2 Å². The number of hydrogen-bond acceptors (Lipinski definition) is 10. The van der Waals surface area contributed by atoms with E-state index in [0.717, 1.165) is 84.8 Å². The largest absolute Gasteiger partial charge is 0.256 e. The summed E-state index contributed by atoms with van der Waals surface area (Å²) in [4.78, 5) is 11.1. The summed E-state index contributed by atoms with van der Waals surface area (Å²) >= 11 is 3.39. The lowest BCUT2D eigenvalue weighted by atomic mass is 10.0. The molecule has 1 aliphatic rings.